The summed E-state index contributed by atoms with van der Waals surface area (Å²) in [4.78, 5) is 27.8. The number of nitrogens with zero attached hydrogens (tertiary/aromatic N) is 1. The van der Waals surface area contributed by atoms with Crippen molar-refractivity contribution in [1.82, 2.24) is 0 Å². The van der Waals surface area contributed by atoms with E-state index in [2.05, 4.69) is 199 Å². The Morgan fingerprint density at radius 2 is 0.901 bits per heavy atom. The Labute approximate surface area is 447 Å². The molecule has 3 heterocycles. The second-order valence-corrected chi connectivity index (χ2v) is 43.4. The molecule has 2 aromatic heterocycles. The molecule has 8 aromatic carbocycles. The van der Waals surface area contributed by atoms with Gasteiger partial charge in [0, 0.05) is 61.3 Å². The summed E-state index contributed by atoms with van der Waals surface area (Å²) in [5, 5.41) is 3.16. The molecule has 2 aliphatic rings. The maximum Gasteiger partial charge on any atom is 0.195 e. The zero-order valence-corrected chi connectivity index (χ0v) is 49.8. The Bertz CT molecular complexity index is 3590. The summed E-state index contributed by atoms with van der Waals surface area (Å²) in [7, 11) is 12.4. The molecule has 0 N–H and O–H groups in total. The Hall–Kier alpha value is -3.17. The van der Waals surface area contributed by atoms with E-state index in [0.717, 1.165) is 64.9 Å². The zero-order chi connectivity index (χ0) is 49.3. The third-order valence-corrected chi connectivity index (χ3v) is 46.4. The van der Waals surface area contributed by atoms with Crippen LogP contribution in [0.5, 0.6) is 0 Å². The molecular weight excluding hydrogens is 1100 g/mol. The summed E-state index contributed by atoms with van der Waals surface area (Å²) in [6.07, 6.45) is 1.08. The van der Waals surface area contributed by atoms with E-state index in [-0.39, 0.29) is 43.1 Å². The van der Waals surface area contributed by atoms with Crippen molar-refractivity contribution in [2.75, 3.05) is 4.90 Å². The number of benzene rings is 8. The van der Waals surface area contributed by atoms with Crippen LogP contribution in [0.15, 0.2) is 196 Å². The number of hydrogen-bond acceptors (Lipinski definition) is 5. The van der Waals surface area contributed by atoms with Gasteiger partial charge in [0.05, 0.1) is 11.4 Å². The Balaban J connectivity index is 0.000000143. The smallest absolute Gasteiger partial charge is 0.195 e. The lowest BCUT2D eigenvalue weighted by Gasteiger charge is -2.42. The lowest BCUT2D eigenvalue weighted by Crippen LogP contribution is -2.30. The van der Waals surface area contributed by atoms with E-state index in [0.29, 0.717) is 0 Å². The van der Waals surface area contributed by atoms with E-state index < -0.39 is 0 Å². The minimum atomic E-state index is -0.0947. The SMILES string of the molecule is C.CC1(C)c2ccccc2Cc2ccccc21.CC1(C)c2ccccc2N(c2ccc3sc4ccccc4c(=O)c3c2)c2ccccc21.O=c1c2ccccc2sc2ccc(Br)cc12.PPP(P)P(P)P. The fourth-order valence-electron chi connectivity index (χ4n) is 9.64. The summed E-state index contributed by atoms with van der Waals surface area (Å²) in [6, 6.07) is 62.6. The summed E-state index contributed by atoms with van der Waals surface area (Å²) in [6.45, 7) is 9.67. The second-order valence-electron chi connectivity index (χ2n) is 18.1. The molecule has 10 aromatic rings. The Morgan fingerprint density at radius 1 is 0.507 bits per heavy atom. The fraction of sp³-hybridized carbons (Fsp3) is 0.138. The molecular formula is C58H57BrNO2P7S2. The van der Waals surface area contributed by atoms with Crippen LogP contribution in [0.3, 0.4) is 0 Å². The quantitative estimate of drug-likeness (QED) is 0.131. The average molecular weight is 1160 g/mol. The Morgan fingerprint density at radius 3 is 1.38 bits per heavy atom. The minimum absolute atomic E-state index is 0. The van der Waals surface area contributed by atoms with Gasteiger partial charge in [-0.05, 0) is 127 Å². The van der Waals surface area contributed by atoms with Crippen molar-refractivity contribution in [3.8, 4) is 0 Å². The molecule has 6 atom stereocenters. The van der Waals surface area contributed by atoms with Gasteiger partial charge in [-0.3, -0.25) is 9.59 Å². The first-order valence-electron chi connectivity index (χ1n) is 22.7. The summed E-state index contributed by atoms with van der Waals surface area (Å²) in [5.74, 6) is 0. The van der Waals surface area contributed by atoms with Crippen LogP contribution in [0.2, 0.25) is 0 Å². The molecule has 0 fully saturated rings. The van der Waals surface area contributed by atoms with Gasteiger partial charge >= 0.3 is 0 Å². The molecule has 0 bridgehead atoms. The normalized spacial score (nSPS) is 14.1. The van der Waals surface area contributed by atoms with Crippen molar-refractivity contribution >= 4 is 154 Å². The molecule has 360 valence electrons. The average Bonchev–Trinajstić information content (AvgIpc) is 3.37. The van der Waals surface area contributed by atoms with Crippen LogP contribution in [0.1, 0.15) is 68.5 Å². The predicted octanol–water partition coefficient (Wildman–Crippen LogP) is 19.9. The first-order chi connectivity index (χ1) is 33.7. The fourth-order valence-corrected chi connectivity index (χ4v) is 28.2. The zero-order valence-electron chi connectivity index (χ0n) is 39.2. The van der Waals surface area contributed by atoms with Gasteiger partial charge in [0.25, 0.3) is 0 Å². The molecule has 1 aliphatic heterocycles. The highest BCUT2D eigenvalue weighted by atomic mass is 79.9. The first-order valence-corrected chi connectivity index (χ1v) is 37.0. The highest BCUT2D eigenvalue weighted by molar-refractivity contribution is 9.10. The van der Waals surface area contributed by atoms with Crippen LogP contribution in [-0.2, 0) is 17.3 Å². The van der Waals surface area contributed by atoms with Crippen molar-refractivity contribution < 1.29 is 0 Å². The number of para-hydroxylation sites is 2. The molecule has 3 nitrogen and oxygen atoms in total. The van der Waals surface area contributed by atoms with E-state index >= 15 is 0 Å². The third-order valence-electron chi connectivity index (χ3n) is 13.1. The highest BCUT2D eigenvalue weighted by Crippen LogP contribution is 2.92. The maximum atomic E-state index is 13.3. The monoisotopic (exact) mass is 1160 g/mol. The number of anilines is 3. The number of halogens is 1. The van der Waals surface area contributed by atoms with Crippen LogP contribution in [-0.4, -0.2) is 0 Å². The molecule has 0 spiro atoms. The predicted molar refractivity (Wildman–Crippen MR) is 341 cm³/mol. The second kappa shape index (κ2) is 23.2. The van der Waals surface area contributed by atoms with E-state index in [1.807, 2.05) is 66.7 Å². The van der Waals surface area contributed by atoms with Gasteiger partial charge in [-0.1, -0.05) is 168 Å². The molecule has 12 rings (SSSR count). The molecule has 0 amide bonds. The number of rotatable bonds is 3. The van der Waals surface area contributed by atoms with Gasteiger partial charge in [-0.15, -0.1) is 58.4 Å². The van der Waals surface area contributed by atoms with Gasteiger partial charge in [-0.2, -0.15) is 0 Å². The molecule has 0 saturated heterocycles. The topological polar surface area (TPSA) is 37.4 Å². The summed E-state index contributed by atoms with van der Waals surface area (Å²) < 4.78 is 5.07. The number of fused-ring (bicyclic) bond motifs is 8. The van der Waals surface area contributed by atoms with E-state index in [1.165, 1.54) is 44.8 Å². The minimum Gasteiger partial charge on any atom is -0.310 e. The standard InChI is InChI=1S/C28H21NOS.C16H16.C13H7BrOS.CH4.H9P7/c1-28(2)21-10-4-6-12-23(21)29(24-13-7-5-11-22(24)28)18-15-16-26-20(17-18)27(30)19-9-3-8-14-25(19)31-26;1-16(2)14-9-5-3-7-12(14)11-13-8-4-6-10-15(13)16;14-8-5-6-12-10(7-8)13(15)9-3-1-2-4-11(9)16-12;;1-5-7(4)6(2)3/h3-17H,1-2H3;3-10H,11H2,1-2H3;1-7H;1H4;5H,1-4H2. The lowest BCUT2D eigenvalue weighted by atomic mass is 9.69. The summed E-state index contributed by atoms with van der Waals surface area (Å²) in [5.41, 5.74) is 12.1. The third kappa shape index (κ3) is 11.1. The van der Waals surface area contributed by atoms with Crippen molar-refractivity contribution in [1.29, 1.82) is 0 Å². The van der Waals surface area contributed by atoms with E-state index in [9.17, 15) is 9.59 Å². The van der Waals surface area contributed by atoms with Gasteiger partial charge < -0.3 is 4.90 Å². The number of hydrogen-bond donors (Lipinski definition) is 0. The molecule has 71 heavy (non-hydrogen) atoms. The van der Waals surface area contributed by atoms with Crippen molar-refractivity contribution in [2.45, 2.75) is 52.4 Å². The van der Waals surface area contributed by atoms with E-state index in [4.69, 9.17) is 0 Å². The first kappa shape index (κ1) is 54.1. The van der Waals surface area contributed by atoms with Gasteiger partial charge in [0.2, 0.25) is 0 Å². The van der Waals surface area contributed by atoms with Crippen LogP contribution < -0.4 is 15.8 Å². The lowest BCUT2D eigenvalue weighted by molar-refractivity contribution is 0.610. The van der Waals surface area contributed by atoms with Crippen LogP contribution in [0.25, 0.3) is 40.3 Å². The molecule has 1 aliphatic carbocycles. The molecule has 13 heteroatoms. The van der Waals surface area contributed by atoms with Gasteiger partial charge in [0.15, 0.2) is 10.9 Å². The van der Waals surface area contributed by atoms with Gasteiger partial charge in [-0.25, -0.2) is 0 Å². The van der Waals surface area contributed by atoms with Crippen molar-refractivity contribution in [2.24, 2.45) is 0 Å². The largest absolute Gasteiger partial charge is 0.310 e. The molecule has 6 unspecified atom stereocenters. The molecule has 0 radical (unpaired) electrons. The van der Waals surface area contributed by atoms with Crippen LogP contribution >= 0.6 is 96.2 Å². The van der Waals surface area contributed by atoms with Crippen LogP contribution in [0.4, 0.5) is 17.1 Å². The van der Waals surface area contributed by atoms with Crippen LogP contribution in [0, 0.1) is 0 Å². The van der Waals surface area contributed by atoms with E-state index in [1.54, 1.807) is 22.7 Å². The van der Waals surface area contributed by atoms with Crippen molar-refractivity contribution in [3.63, 3.8) is 0 Å². The molecule has 0 saturated carbocycles. The Kier molecular flexibility index (Phi) is 17.6. The highest BCUT2D eigenvalue weighted by Gasteiger charge is 2.36. The van der Waals surface area contributed by atoms with Gasteiger partial charge in [0.1, 0.15) is 0 Å². The summed E-state index contributed by atoms with van der Waals surface area (Å²) >= 11 is 6.72. The van der Waals surface area contributed by atoms with Crippen molar-refractivity contribution in [3.05, 3.63) is 240 Å². The maximum absolute atomic E-state index is 13.3.